The van der Waals surface area contributed by atoms with Crippen molar-refractivity contribution in [3.8, 4) is 11.1 Å². The molecule has 0 aliphatic heterocycles. The smallest absolute Gasteiger partial charge is 0.305 e. The van der Waals surface area contributed by atoms with Crippen molar-refractivity contribution in [3.63, 3.8) is 0 Å². The Hall–Kier alpha value is -6.42. The number of benzene rings is 2. The fourth-order valence-electron chi connectivity index (χ4n) is 8.18. The van der Waals surface area contributed by atoms with E-state index in [0.717, 1.165) is 22.3 Å². The number of ketones is 4. The lowest BCUT2D eigenvalue weighted by atomic mass is 9.91. The van der Waals surface area contributed by atoms with E-state index in [4.69, 9.17) is 0 Å². The summed E-state index contributed by atoms with van der Waals surface area (Å²) in [5.41, 5.74) is 4.59. The first-order chi connectivity index (χ1) is 34.1. The molecule has 7 atom stereocenters. The van der Waals surface area contributed by atoms with Crippen molar-refractivity contribution in [1.82, 2.24) is 21.3 Å². The van der Waals surface area contributed by atoms with Crippen molar-refractivity contribution in [2.45, 2.75) is 115 Å². The van der Waals surface area contributed by atoms with Crippen LogP contribution in [0.25, 0.3) is 11.1 Å². The number of thioether (sulfide) groups is 1. The minimum absolute atomic E-state index is 0.0129. The molecule has 0 fully saturated rings. The maximum absolute atomic E-state index is 14.0. The molecule has 0 bridgehead atoms. The first-order valence-corrected chi connectivity index (χ1v) is 25.4. The molecule has 392 valence electrons. The van der Waals surface area contributed by atoms with Crippen LogP contribution in [0.4, 0.5) is 0 Å². The summed E-state index contributed by atoms with van der Waals surface area (Å²) in [5.74, 6) is -16.5. The van der Waals surface area contributed by atoms with Gasteiger partial charge in [0.1, 0.15) is 5.78 Å². The maximum atomic E-state index is 14.0. The molecule has 1 aliphatic rings. The Morgan fingerprint density at radius 3 is 1.47 bits per heavy atom. The summed E-state index contributed by atoms with van der Waals surface area (Å²) in [7, 11) is 0. The number of carbonyl (C=O) groups excluding carboxylic acids is 8. The third kappa shape index (κ3) is 19.3. The lowest BCUT2D eigenvalue weighted by Gasteiger charge is -2.25. The molecule has 0 radical (unpaired) electrons. The second kappa shape index (κ2) is 29.8. The molecule has 8 N–H and O–H groups in total. The van der Waals surface area contributed by atoms with Gasteiger partial charge in [0.2, 0.25) is 23.6 Å². The fraction of sp³-hybridized carbons (Fsp3) is 0.520. The second-order valence-electron chi connectivity index (χ2n) is 17.8. The summed E-state index contributed by atoms with van der Waals surface area (Å²) in [6.45, 7) is 4.10. The zero-order chi connectivity index (χ0) is 53.7. The highest BCUT2D eigenvalue weighted by Gasteiger charge is 2.36. The van der Waals surface area contributed by atoms with Crippen LogP contribution in [0.5, 0.6) is 0 Å². The van der Waals surface area contributed by atoms with Gasteiger partial charge in [0.05, 0.1) is 61.6 Å². The average Bonchev–Trinajstić information content (AvgIpc) is 3.64. The molecule has 0 saturated heterocycles. The molecule has 0 unspecified atom stereocenters. The van der Waals surface area contributed by atoms with Crippen LogP contribution in [0.15, 0.2) is 48.5 Å². The standard InChI is InChI=1S/C50H64N4O16S2/c1-4-31(55)17-28(20-44(60)61)48(68)52-37(5-2)41(57)18-29(21-45(62)63)49(69)53-39(23-47(66)67)42(58)19-30(50(70)54-38(22-46(64)65)40(56)16-27(3)25-71)24-51-43(59)14-15-72-26-36-34-12-8-6-10-32(34)33-11-7-9-13-35(33)36/h6-13,27-30,36-39,71H,4-5,14-26H2,1-3H3,(H,51,59)(H,52,68)(H,53,69)(H,54,70)(H,60,61)(H,62,63)(H,64,65)(H,66,67)/t27-,28-,29-,30-,37-,38-,39-/m0/s1. The molecule has 1 aliphatic carbocycles. The second-order valence-corrected chi connectivity index (χ2v) is 19.3. The number of thiol groups is 1. The van der Waals surface area contributed by atoms with Crippen molar-refractivity contribution in [2.75, 3.05) is 23.8 Å². The number of fused-ring (bicyclic) bond motifs is 3. The van der Waals surface area contributed by atoms with Crippen LogP contribution in [0.3, 0.4) is 0 Å². The topological polar surface area (TPSA) is 334 Å². The molecule has 0 heterocycles. The summed E-state index contributed by atoms with van der Waals surface area (Å²) in [5, 5.41) is 47.9. The number of aliphatic carboxylic acids is 4. The average molecular weight is 1040 g/mol. The van der Waals surface area contributed by atoms with Gasteiger partial charge in [-0.15, -0.1) is 0 Å². The number of hydrogen-bond donors (Lipinski definition) is 9. The molecule has 22 heteroatoms. The summed E-state index contributed by atoms with van der Waals surface area (Å²) in [6.07, 6.45) is -6.14. The number of amides is 4. The minimum Gasteiger partial charge on any atom is -0.481 e. The monoisotopic (exact) mass is 1040 g/mol. The van der Waals surface area contributed by atoms with Crippen LogP contribution in [-0.2, 0) is 57.5 Å². The predicted octanol–water partition coefficient (Wildman–Crippen LogP) is 3.46. The number of carboxylic acids is 4. The SMILES string of the molecule is CCC(=O)C[C@@H](CC(=O)O)C(=O)N[C@@H](CC)C(=O)C[C@@H](CC(=O)O)C(=O)N[C@@H](CC(=O)O)C(=O)C[C@@H](CNC(=O)CCSCC1c2ccccc2-c2ccccc21)C(=O)N[C@@H](CC(=O)O)C(=O)C[C@H](C)CS. The predicted molar refractivity (Wildman–Crippen MR) is 266 cm³/mol. The van der Waals surface area contributed by atoms with E-state index in [9.17, 15) is 78.0 Å². The van der Waals surface area contributed by atoms with Crippen LogP contribution >= 0.6 is 24.4 Å². The van der Waals surface area contributed by atoms with E-state index in [2.05, 4.69) is 58.2 Å². The molecular weight excluding hydrogens is 977 g/mol. The quantitative estimate of drug-likeness (QED) is 0.0353. The van der Waals surface area contributed by atoms with E-state index in [-0.39, 0.29) is 43.3 Å². The Balaban J connectivity index is 1.81. The van der Waals surface area contributed by atoms with Gasteiger partial charge in [-0.05, 0) is 40.3 Å². The first kappa shape index (κ1) is 59.9. The Kier molecular flexibility index (Phi) is 24.8. The summed E-state index contributed by atoms with van der Waals surface area (Å²) < 4.78 is 0. The third-order valence-electron chi connectivity index (χ3n) is 12.1. The molecule has 2 aromatic carbocycles. The number of nitrogens with one attached hydrogen (secondary N) is 4. The molecule has 0 spiro atoms. The lowest BCUT2D eigenvalue weighted by molar-refractivity contribution is -0.144. The van der Waals surface area contributed by atoms with Gasteiger partial charge in [-0.3, -0.25) is 57.5 Å². The van der Waals surface area contributed by atoms with E-state index in [0.29, 0.717) is 11.5 Å². The van der Waals surface area contributed by atoms with Gasteiger partial charge in [0, 0.05) is 62.5 Å². The van der Waals surface area contributed by atoms with Gasteiger partial charge in [-0.2, -0.15) is 24.4 Å². The molecule has 72 heavy (non-hydrogen) atoms. The minimum atomic E-state index is -1.95. The maximum Gasteiger partial charge on any atom is 0.305 e. The Morgan fingerprint density at radius 1 is 0.569 bits per heavy atom. The molecule has 2 aromatic rings. The fourth-order valence-corrected chi connectivity index (χ4v) is 9.40. The lowest BCUT2D eigenvalue weighted by Crippen LogP contribution is -2.50. The van der Waals surface area contributed by atoms with E-state index in [1.165, 1.54) is 25.6 Å². The largest absolute Gasteiger partial charge is 0.481 e. The summed E-state index contributed by atoms with van der Waals surface area (Å²) in [4.78, 5) is 154. The third-order valence-corrected chi connectivity index (χ3v) is 13.8. The number of carbonyl (C=O) groups is 12. The van der Waals surface area contributed by atoms with Gasteiger partial charge < -0.3 is 41.7 Å². The molecule has 20 nitrogen and oxygen atoms in total. The summed E-state index contributed by atoms with van der Waals surface area (Å²) in [6, 6.07) is 11.2. The van der Waals surface area contributed by atoms with Crippen LogP contribution in [0.1, 0.15) is 108 Å². The van der Waals surface area contributed by atoms with E-state index < -0.39 is 158 Å². The normalized spacial score (nSPS) is 14.6. The van der Waals surface area contributed by atoms with E-state index in [1.54, 1.807) is 6.92 Å². The number of carboxylic acid groups (broad SMARTS) is 4. The van der Waals surface area contributed by atoms with Crippen molar-refractivity contribution in [3.05, 3.63) is 59.7 Å². The van der Waals surface area contributed by atoms with Crippen molar-refractivity contribution < 1.29 is 78.0 Å². The van der Waals surface area contributed by atoms with E-state index in [1.807, 2.05) is 24.3 Å². The Bertz CT molecular complexity index is 2300. The molecule has 4 amide bonds. The van der Waals surface area contributed by atoms with Crippen LogP contribution in [0.2, 0.25) is 0 Å². The van der Waals surface area contributed by atoms with Gasteiger partial charge >= 0.3 is 23.9 Å². The van der Waals surface area contributed by atoms with Crippen LogP contribution in [0, 0.1) is 23.7 Å². The van der Waals surface area contributed by atoms with Gasteiger partial charge in [-0.1, -0.05) is 69.3 Å². The summed E-state index contributed by atoms with van der Waals surface area (Å²) >= 11 is 5.68. The molecule has 0 saturated carbocycles. The highest BCUT2D eigenvalue weighted by Crippen LogP contribution is 2.45. The van der Waals surface area contributed by atoms with Gasteiger partial charge in [-0.25, -0.2) is 0 Å². The van der Waals surface area contributed by atoms with Crippen LogP contribution < -0.4 is 21.3 Å². The van der Waals surface area contributed by atoms with Crippen molar-refractivity contribution in [2.24, 2.45) is 23.7 Å². The molecule has 3 rings (SSSR count). The van der Waals surface area contributed by atoms with Crippen molar-refractivity contribution in [1.29, 1.82) is 0 Å². The van der Waals surface area contributed by atoms with Crippen molar-refractivity contribution >= 4 is 95.0 Å². The number of hydrogen-bond acceptors (Lipinski definition) is 14. The van der Waals surface area contributed by atoms with E-state index >= 15 is 0 Å². The number of rotatable bonds is 35. The zero-order valence-corrected chi connectivity index (χ0v) is 42.1. The molecular formula is C50H64N4O16S2. The first-order valence-electron chi connectivity index (χ1n) is 23.6. The van der Waals surface area contributed by atoms with Crippen LogP contribution in [-0.4, -0.2) is 133 Å². The highest BCUT2D eigenvalue weighted by atomic mass is 32.2. The molecule has 0 aromatic heterocycles. The Labute approximate surface area is 426 Å². The zero-order valence-electron chi connectivity index (χ0n) is 40.4. The van der Waals surface area contributed by atoms with Gasteiger partial charge in [0.15, 0.2) is 17.3 Å². The van der Waals surface area contributed by atoms with Gasteiger partial charge in [0.25, 0.3) is 0 Å². The number of Topliss-reactive ketones (excluding diaryl/α,β-unsaturated/α-hetero) is 4. The Morgan fingerprint density at radius 2 is 1.00 bits per heavy atom. The highest BCUT2D eigenvalue weighted by molar-refractivity contribution is 7.99.